The molecule has 3 aromatic rings. The van der Waals surface area contributed by atoms with Crippen molar-refractivity contribution >= 4 is 27.5 Å². The standard InChI is InChI=1S/C22H18BrFN2O2/c23-18-10-16-6-3-9-26(21(16)20(24)12-18)22(27)17-5-1-7-19(11-17)28-14-15-4-2-8-25-13-15/h1-2,4-5,7-8,10-13H,3,6,9,14H2. The van der Waals surface area contributed by atoms with Gasteiger partial charge in [-0.1, -0.05) is 28.1 Å². The summed E-state index contributed by atoms with van der Waals surface area (Å²) in [4.78, 5) is 18.7. The number of carbonyl (C=O) groups excluding carboxylic acids is 1. The van der Waals surface area contributed by atoms with E-state index in [9.17, 15) is 9.18 Å². The zero-order valence-electron chi connectivity index (χ0n) is 15.1. The topological polar surface area (TPSA) is 42.4 Å². The Morgan fingerprint density at radius 3 is 2.93 bits per heavy atom. The number of hydrogen-bond acceptors (Lipinski definition) is 3. The number of hydrogen-bond donors (Lipinski definition) is 0. The Kier molecular flexibility index (Phi) is 5.39. The molecule has 0 radical (unpaired) electrons. The monoisotopic (exact) mass is 440 g/mol. The predicted octanol–water partition coefficient (Wildman–Crippen LogP) is 5.16. The highest BCUT2D eigenvalue weighted by molar-refractivity contribution is 9.10. The number of amides is 1. The van der Waals surface area contributed by atoms with Crippen molar-refractivity contribution in [2.75, 3.05) is 11.4 Å². The van der Waals surface area contributed by atoms with Gasteiger partial charge in [0.1, 0.15) is 18.2 Å². The first-order chi connectivity index (χ1) is 13.6. The highest BCUT2D eigenvalue weighted by atomic mass is 79.9. The lowest BCUT2D eigenvalue weighted by Crippen LogP contribution is -2.36. The predicted molar refractivity (Wildman–Crippen MR) is 109 cm³/mol. The van der Waals surface area contributed by atoms with Gasteiger partial charge >= 0.3 is 0 Å². The van der Waals surface area contributed by atoms with Crippen molar-refractivity contribution in [1.82, 2.24) is 4.98 Å². The van der Waals surface area contributed by atoms with Crippen molar-refractivity contribution in [3.05, 3.63) is 87.9 Å². The molecule has 142 valence electrons. The first-order valence-corrected chi connectivity index (χ1v) is 9.82. The fourth-order valence-electron chi connectivity index (χ4n) is 3.38. The molecule has 28 heavy (non-hydrogen) atoms. The number of carbonyl (C=O) groups is 1. The summed E-state index contributed by atoms with van der Waals surface area (Å²) in [6.07, 6.45) is 4.99. The molecule has 0 saturated heterocycles. The maximum absolute atomic E-state index is 14.6. The number of halogens is 2. The van der Waals surface area contributed by atoms with Gasteiger partial charge in [0.05, 0.1) is 5.69 Å². The molecule has 1 aliphatic heterocycles. The summed E-state index contributed by atoms with van der Waals surface area (Å²) in [5.74, 6) is -0.0291. The maximum atomic E-state index is 14.6. The van der Waals surface area contributed by atoms with Crippen LogP contribution in [-0.4, -0.2) is 17.4 Å². The van der Waals surface area contributed by atoms with E-state index in [2.05, 4.69) is 20.9 Å². The molecule has 1 aliphatic rings. The van der Waals surface area contributed by atoms with Crippen LogP contribution in [0.3, 0.4) is 0 Å². The summed E-state index contributed by atoms with van der Waals surface area (Å²) in [6, 6.07) is 14.0. The van der Waals surface area contributed by atoms with E-state index in [1.54, 1.807) is 36.7 Å². The molecule has 0 spiro atoms. The first kappa shape index (κ1) is 18.6. The minimum Gasteiger partial charge on any atom is -0.489 e. The molecule has 4 rings (SSSR count). The quantitative estimate of drug-likeness (QED) is 0.562. The van der Waals surface area contributed by atoms with Crippen LogP contribution in [0.1, 0.15) is 27.9 Å². The zero-order chi connectivity index (χ0) is 19.5. The molecule has 1 amide bonds. The number of rotatable bonds is 4. The second-order valence-electron chi connectivity index (χ2n) is 6.63. The zero-order valence-corrected chi connectivity index (χ0v) is 16.7. The van der Waals surface area contributed by atoms with E-state index in [-0.39, 0.29) is 11.7 Å². The van der Waals surface area contributed by atoms with E-state index in [1.807, 2.05) is 18.2 Å². The van der Waals surface area contributed by atoms with Gasteiger partial charge in [-0.15, -0.1) is 0 Å². The molecule has 2 heterocycles. The summed E-state index contributed by atoms with van der Waals surface area (Å²) >= 11 is 3.32. The lowest BCUT2D eigenvalue weighted by atomic mass is 10.0. The van der Waals surface area contributed by atoms with E-state index in [0.29, 0.717) is 34.6 Å². The normalized spacial score (nSPS) is 13.1. The third-order valence-corrected chi connectivity index (χ3v) is 5.12. The molecule has 0 atom stereocenters. The van der Waals surface area contributed by atoms with E-state index in [4.69, 9.17) is 4.74 Å². The van der Waals surface area contributed by atoms with Gasteiger partial charge in [-0.2, -0.15) is 0 Å². The highest BCUT2D eigenvalue weighted by Crippen LogP contribution is 2.34. The Hall–Kier alpha value is -2.73. The van der Waals surface area contributed by atoms with Crippen LogP contribution in [0.2, 0.25) is 0 Å². The molecule has 0 fully saturated rings. The Balaban J connectivity index is 1.56. The van der Waals surface area contributed by atoms with Gasteiger partial charge in [0.25, 0.3) is 5.91 Å². The highest BCUT2D eigenvalue weighted by Gasteiger charge is 2.27. The van der Waals surface area contributed by atoms with Gasteiger partial charge in [0, 0.05) is 34.5 Å². The van der Waals surface area contributed by atoms with Crippen LogP contribution in [0.25, 0.3) is 0 Å². The van der Waals surface area contributed by atoms with Gasteiger partial charge in [-0.25, -0.2) is 4.39 Å². The van der Waals surface area contributed by atoms with Crippen molar-refractivity contribution in [1.29, 1.82) is 0 Å². The molecular weight excluding hydrogens is 423 g/mol. The number of aryl methyl sites for hydroxylation is 1. The van der Waals surface area contributed by atoms with Crippen LogP contribution in [0, 0.1) is 5.82 Å². The summed E-state index contributed by atoms with van der Waals surface area (Å²) in [5.41, 5.74) is 2.63. The maximum Gasteiger partial charge on any atom is 0.258 e. The number of benzene rings is 2. The third kappa shape index (κ3) is 3.92. The van der Waals surface area contributed by atoms with E-state index < -0.39 is 0 Å². The minimum absolute atomic E-state index is 0.228. The Morgan fingerprint density at radius 1 is 1.21 bits per heavy atom. The van der Waals surface area contributed by atoms with E-state index in [0.717, 1.165) is 24.0 Å². The largest absolute Gasteiger partial charge is 0.489 e. The van der Waals surface area contributed by atoms with Gasteiger partial charge in [-0.3, -0.25) is 9.78 Å². The SMILES string of the molecule is O=C(c1cccc(OCc2cccnc2)c1)N1CCCc2cc(Br)cc(F)c21. The van der Waals surface area contributed by atoms with Crippen molar-refractivity contribution in [3.8, 4) is 5.75 Å². The second-order valence-corrected chi connectivity index (χ2v) is 7.55. The molecule has 4 nitrogen and oxygen atoms in total. The van der Waals surface area contributed by atoms with Crippen LogP contribution < -0.4 is 9.64 Å². The third-order valence-electron chi connectivity index (χ3n) is 4.66. The number of ether oxygens (including phenoxy) is 1. The number of anilines is 1. The molecular formula is C22H18BrFN2O2. The summed E-state index contributed by atoms with van der Waals surface area (Å²) in [5, 5.41) is 0. The molecule has 6 heteroatoms. The van der Waals surface area contributed by atoms with Crippen LogP contribution in [0.15, 0.2) is 65.4 Å². The van der Waals surface area contributed by atoms with Crippen LogP contribution in [0.5, 0.6) is 5.75 Å². The number of nitrogens with zero attached hydrogens (tertiary/aromatic N) is 2. The van der Waals surface area contributed by atoms with Gasteiger partial charge in [0.15, 0.2) is 0 Å². The Morgan fingerprint density at radius 2 is 2.11 bits per heavy atom. The molecule has 2 aromatic carbocycles. The van der Waals surface area contributed by atoms with Gasteiger partial charge in [0.2, 0.25) is 0 Å². The van der Waals surface area contributed by atoms with Crippen molar-refractivity contribution in [3.63, 3.8) is 0 Å². The number of aromatic nitrogens is 1. The second kappa shape index (κ2) is 8.10. The van der Waals surface area contributed by atoms with E-state index in [1.165, 1.54) is 11.0 Å². The molecule has 0 bridgehead atoms. The average Bonchev–Trinajstić information content (AvgIpc) is 2.72. The summed E-state index contributed by atoms with van der Waals surface area (Å²) in [7, 11) is 0. The van der Waals surface area contributed by atoms with Gasteiger partial charge < -0.3 is 9.64 Å². The summed E-state index contributed by atoms with van der Waals surface area (Å²) < 4.78 is 21.1. The van der Waals surface area contributed by atoms with Crippen molar-refractivity contribution in [2.24, 2.45) is 0 Å². The van der Waals surface area contributed by atoms with Crippen molar-refractivity contribution < 1.29 is 13.9 Å². The number of pyridine rings is 1. The summed E-state index contributed by atoms with van der Waals surface area (Å²) in [6.45, 7) is 0.853. The van der Waals surface area contributed by atoms with Crippen LogP contribution >= 0.6 is 15.9 Å². The molecule has 0 aliphatic carbocycles. The van der Waals surface area contributed by atoms with Crippen LogP contribution in [-0.2, 0) is 13.0 Å². The lowest BCUT2D eigenvalue weighted by molar-refractivity contribution is 0.0983. The Bertz CT molecular complexity index is 1010. The first-order valence-electron chi connectivity index (χ1n) is 9.03. The fraction of sp³-hybridized carbons (Fsp3) is 0.182. The molecule has 1 aromatic heterocycles. The molecule has 0 saturated carbocycles. The van der Waals surface area contributed by atoms with Gasteiger partial charge in [-0.05, 0) is 54.8 Å². The average molecular weight is 441 g/mol. The van der Waals surface area contributed by atoms with Crippen LogP contribution in [0.4, 0.5) is 10.1 Å². The minimum atomic E-state index is -0.388. The fourth-order valence-corrected chi connectivity index (χ4v) is 3.86. The number of fused-ring (bicyclic) bond motifs is 1. The molecule has 0 unspecified atom stereocenters. The van der Waals surface area contributed by atoms with Crippen molar-refractivity contribution in [2.45, 2.75) is 19.4 Å². The molecule has 0 N–H and O–H groups in total. The smallest absolute Gasteiger partial charge is 0.258 e. The lowest BCUT2D eigenvalue weighted by Gasteiger charge is -2.30. The van der Waals surface area contributed by atoms with E-state index >= 15 is 0 Å². The Labute approximate surface area is 171 Å².